The predicted molar refractivity (Wildman–Crippen MR) is 284 cm³/mol. The van der Waals surface area contributed by atoms with Gasteiger partial charge in [0.2, 0.25) is 0 Å². The molecule has 0 aromatic rings. The van der Waals surface area contributed by atoms with Crippen LogP contribution in [0.4, 0.5) is 0 Å². The highest BCUT2D eigenvalue weighted by Gasteiger charge is 2.47. The molecule has 2 fully saturated rings. The van der Waals surface area contributed by atoms with Crippen molar-refractivity contribution in [3.05, 3.63) is 24.3 Å². The summed E-state index contributed by atoms with van der Waals surface area (Å²) in [5, 5.41) is 72.3. The quantitative estimate of drug-likeness (QED) is 0.0171. The van der Waals surface area contributed by atoms with Gasteiger partial charge in [-0.3, -0.25) is 9.59 Å². The first-order valence-corrected chi connectivity index (χ1v) is 29.4. The van der Waals surface area contributed by atoms with Crippen molar-refractivity contribution >= 4 is 11.9 Å². The zero-order valence-electron chi connectivity index (χ0n) is 45.6. The third-order valence-corrected chi connectivity index (χ3v) is 14.2. The second-order valence-corrected chi connectivity index (χ2v) is 20.8. The number of esters is 2. The minimum absolute atomic E-state index is 0.167. The summed E-state index contributed by atoms with van der Waals surface area (Å²) in [5.41, 5.74) is 0. The molecule has 0 saturated carbocycles. The normalized spacial score (nSPS) is 24.9. The second-order valence-electron chi connectivity index (χ2n) is 20.8. The van der Waals surface area contributed by atoms with Gasteiger partial charge in [0.05, 0.1) is 19.8 Å². The zero-order chi connectivity index (χ0) is 53.2. The van der Waals surface area contributed by atoms with Crippen molar-refractivity contribution in [3.8, 4) is 0 Å². The van der Waals surface area contributed by atoms with Gasteiger partial charge in [0.15, 0.2) is 18.7 Å². The van der Waals surface area contributed by atoms with E-state index in [4.69, 9.17) is 28.4 Å². The van der Waals surface area contributed by atoms with E-state index in [1.54, 1.807) is 0 Å². The lowest BCUT2D eigenvalue weighted by atomic mass is 9.98. The molecule has 2 saturated heterocycles. The summed E-state index contributed by atoms with van der Waals surface area (Å²) in [5.74, 6) is -0.929. The highest BCUT2D eigenvalue weighted by molar-refractivity contribution is 5.70. The van der Waals surface area contributed by atoms with Gasteiger partial charge in [-0.15, -0.1) is 0 Å². The van der Waals surface area contributed by atoms with Crippen molar-refractivity contribution in [2.45, 2.75) is 306 Å². The molecule has 11 atom stereocenters. The summed E-state index contributed by atoms with van der Waals surface area (Å²) in [6.07, 6.45) is 32.0. The van der Waals surface area contributed by atoms with E-state index in [0.29, 0.717) is 12.8 Å². The number of ether oxygens (including phenoxy) is 6. The average molecular weight is 1040 g/mol. The molecule has 2 heterocycles. The molecule has 0 bridgehead atoms. The Morgan fingerprint density at radius 1 is 0.438 bits per heavy atom. The number of allylic oxidation sites excluding steroid dienone is 4. The van der Waals surface area contributed by atoms with Crippen LogP contribution in [0.2, 0.25) is 0 Å². The molecule has 0 amide bonds. The Bertz CT molecular complexity index is 1360. The largest absolute Gasteiger partial charge is 0.462 e. The first-order valence-electron chi connectivity index (χ1n) is 29.4. The lowest BCUT2D eigenvalue weighted by molar-refractivity contribution is -0.332. The lowest BCUT2D eigenvalue weighted by Gasteiger charge is -2.42. The van der Waals surface area contributed by atoms with Crippen molar-refractivity contribution in [2.24, 2.45) is 0 Å². The number of carbonyl (C=O) groups is 2. The Morgan fingerprint density at radius 2 is 0.822 bits per heavy atom. The summed E-state index contributed by atoms with van der Waals surface area (Å²) < 4.78 is 33.7. The molecule has 0 aromatic carbocycles. The van der Waals surface area contributed by atoms with E-state index in [1.807, 2.05) is 0 Å². The van der Waals surface area contributed by atoms with Gasteiger partial charge < -0.3 is 64.2 Å². The first kappa shape index (κ1) is 67.1. The van der Waals surface area contributed by atoms with Gasteiger partial charge >= 0.3 is 11.9 Å². The number of hydrogen-bond acceptors (Lipinski definition) is 15. The predicted octanol–water partition coefficient (Wildman–Crippen LogP) is 9.89. The van der Waals surface area contributed by atoms with Gasteiger partial charge in [-0.05, 0) is 44.9 Å². The van der Waals surface area contributed by atoms with E-state index in [9.17, 15) is 45.3 Å². The summed E-state index contributed by atoms with van der Waals surface area (Å²) in [4.78, 5) is 25.9. The van der Waals surface area contributed by atoms with Crippen LogP contribution in [0.5, 0.6) is 0 Å². The van der Waals surface area contributed by atoms with Gasteiger partial charge in [0.1, 0.15) is 55.4 Å². The molecule has 0 aliphatic carbocycles. The summed E-state index contributed by atoms with van der Waals surface area (Å²) in [6.45, 7) is 2.59. The van der Waals surface area contributed by atoms with Crippen LogP contribution < -0.4 is 0 Å². The Balaban J connectivity index is 1.74. The summed E-state index contributed by atoms with van der Waals surface area (Å²) >= 11 is 0. The highest BCUT2D eigenvalue weighted by Crippen LogP contribution is 2.27. The van der Waals surface area contributed by atoms with Crippen molar-refractivity contribution < 1.29 is 73.8 Å². The number of rotatable bonds is 47. The van der Waals surface area contributed by atoms with Gasteiger partial charge in [0, 0.05) is 12.8 Å². The first-order chi connectivity index (χ1) is 35.5. The standard InChI is InChI=1S/C58H106O15/c1-3-5-7-9-11-13-15-17-19-20-21-22-23-24-25-27-29-31-33-35-37-39-41-50(61)71-46(43-68-49(60)40-38-36-34-32-30-28-26-18-16-14-12-10-8-6-4-2)44-69-57-56(67)54(65)52(63)48(73-57)45-70-58-55(66)53(64)51(62)47(42-59)72-58/h12,14,18,26,46-48,51-59,62-67H,3-11,13,15-17,19-25,27-45H2,1-2H3/b14-12+,26-18+/t46-,47+,48+,51-,52-,53?,54?,55?,56?,57+,58+/m1/s1. The Morgan fingerprint density at radius 3 is 1.30 bits per heavy atom. The molecule has 15 nitrogen and oxygen atoms in total. The average Bonchev–Trinajstić information content (AvgIpc) is 3.38. The molecule has 4 unspecified atom stereocenters. The summed E-state index contributed by atoms with van der Waals surface area (Å²) in [6, 6.07) is 0. The molecular weight excluding hydrogens is 937 g/mol. The maximum atomic E-state index is 13.1. The maximum absolute atomic E-state index is 13.1. The third kappa shape index (κ3) is 32.4. The van der Waals surface area contributed by atoms with Gasteiger partial charge in [-0.2, -0.15) is 0 Å². The molecule has 0 radical (unpaired) electrons. The fourth-order valence-corrected chi connectivity index (χ4v) is 9.37. The van der Waals surface area contributed by atoms with Gasteiger partial charge in [0.25, 0.3) is 0 Å². The molecule has 0 aromatic heterocycles. The SMILES string of the molecule is CCCCC/C=C/C/C=C/CCCCCCCC(=O)OC[C@H](CO[C@H]1O[C@@H](CO[C@H]2O[C@@H](CO)[C@@H](O)C(O)C2O)[C@@H](O)C(O)C1O)OC(=O)CCCCCCCCCCCCCCCCCCCCCCCC. The van der Waals surface area contributed by atoms with Crippen molar-refractivity contribution in [1.82, 2.24) is 0 Å². The van der Waals surface area contributed by atoms with Gasteiger partial charge in [-0.1, -0.05) is 205 Å². The fourth-order valence-electron chi connectivity index (χ4n) is 9.37. The van der Waals surface area contributed by atoms with E-state index in [1.165, 1.54) is 135 Å². The maximum Gasteiger partial charge on any atom is 0.306 e. The Hall–Kier alpha value is -2.02. The molecule has 0 spiro atoms. The van der Waals surface area contributed by atoms with E-state index in [-0.39, 0.29) is 26.1 Å². The van der Waals surface area contributed by atoms with Crippen molar-refractivity contribution in [2.75, 3.05) is 26.4 Å². The highest BCUT2D eigenvalue weighted by atomic mass is 16.7. The third-order valence-electron chi connectivity index (χ3n) is 14.2. The molecule has 2 rings (SSSR count). The second kappa shape index (κ2) is 45.0. The molecule has 2 aliphatic rings. The van der Waals surface area contributed by atoms with E-state index >= 15 is 0 Å². The van der Waals surface area contributed by atoms with E-state index in [2.05, 4.69) is 38.2 Å². The monoisotopic (exact) mass is 1040 g/mol. The zero-order valence-corrected chi connectivity index (χ0v) is 45.6. The van der Waals surface area contributed by atoms with E-state index < -0.39 is 92.7 Å². The van der Waals surface area contributed by atoms with Crippen molar-refractivity contribution in [3.63, 3.8) is 0 Å². The number of aliphatic hydroxyl groups excluding tert-OH is 7. The Labute approximate surface area is 441 Å². The number of aliphatic hydroxyl groups is 7. The molecule has 73 heavy (non-hydrogen) atoms. The van der Waals surface area contributed by atoms with Crippen LogP contribution in [-0.2, 0) is 38.0 Å². The minimum Gasteiger partial charge on any atom is -0.462 e. The van der Waals surface area contributed by atoms with Crippen LogP contribution in [0.15, 0.2) is 24.3 Å². The number of unbranched alkanes of at least 4 members (excludes halogenated alkanes) is 29. The molecule has 428 valence electrons. The van der Waals surface area contributed by atoms with E-state index in [0.717, 1.165) is 64.2 Å². The topological polar surface area (TPSA) is 231 Å². The van der Waals surface area contributed by atoms with Crippen LogP contribution >= 0.6 is 0 Å². The van der Waals surface area contributed by atoms with Crippen LogP contribution in [0.25, 0.3) is 0 Å². The lowest BCUT2D eigenvalue weighted by Crippen LogP contribution is -2.61. The minimum atomic E-state index is -1.77. The van der Waals surface area contributed by atoms with Crippen molar-refractivity contribution in [1.29, 1.82) is 0 Å². The molecule has 15 heteroatoms. The number of hydrogen-bond donors (Lipinski definition) is 7. The summed E-state index contributed by atoms with van der Waals surface area (Å²) in [7, 11) is 0. The molecule has 7 N–H and O–H groups in total. The smallest absolute Gasteiger partial charge is 0.306 e. The molecule has 2 aliphatic heterocycles. The Kier molecular flexibility index (Phi) is 41.4. The van der Waals surface area contributed by atoms with Crippen LogP contribution in [0.1, 0.15) is 239 Å². The van der Waals surface area contributed by atoms with Crippen LogP contribution in [-0.4, -0.2) is 142 Å². The number of carbonyl (C=O) groups excluding carboxylic acids is 2. The van der Waals surface area contributed by atoms with Crippen LogP contribution in [0.3, 0.4) is 0 Å². The fraction of sp³-hybridized carbons (Fsp3) is 0.897. The van der Waals surface area contributed by atoms with Gasteiger partial charge in [-0.25, -0.2) is 0 Å². The molecular formula is C58H106O15. The van der Waals surface area contributed by atoms with Crippen LogP contribution in [0, 0.1) is 0 Å².